The number of para-hydroxylation sites is 1. The summed E-state index contributed by atoms with van der Waals surface area (Å²) in [5.74, 6) is 0.522. The van der Waals surface area contributed by atoms with E-state index in [1.165, 1.54) is 7.11 Å². The molecule has 0 unspecified atom stereocenters. The zero-order valence-electron chi connectivity index (χ0n) is 11.6. The average molecular weight is 323 g/mol. The van der Waals surface area contributed by atoms with Gasteiger partial charge in [-0.3, -0.25) is 4.57 Å². The van der Waals surface area contributed by atoms with Gasteiger partial charge < -0.3 is 24.7 Å². The Morgan fingerprint density at radius 1 is 1.18 bits per heavy atom. The lowest BCUT2D eigenvalue weighted by Crippen LogP contribution is -1.94. The van der Waals surface area contributed by atoms with Crippen LogP contribution >= 0.6 is 7.82 Å². The molecule has 9 heteroatoms. The van der Waals surface area contributed by atoms with Gasteiger partial charge in [-0.1, -0.05) is 18.2 Å². The van der Waals surface area contributed by atoms with Gasteiger partial charge >= 0.3 is 5.69 Å². The SMILES string of the molecule is COc1cc(Nc2ccccc2)ccc1[N+]#N.O=P([O-])(O)O. The number of ether oxygens (including phenoxy) is 1. The van der Waals surface area contributed by atoms with Crippen molar-refractivity contribution in [2.45, 2.75) is 0 Å². The molecule has 0 atom stereocenters. The second-order valence-electron chi connectivity index (χ2n) is 3.97. The molecule has 0 radical (unpaired) electrons. The van der Waals surface area contributed by atoms with Crippen molar-refractivity contribution >= 4 is 24.9 Å². The standard InChI is InChI=1S/C13H12N3O.H3O4P/c1-17-13-9-11(7-8-12(13)16-14)15-10-5-3-2-4-6-10;1-5(2,3)4/h2-9,15H,1H3;(H3,1,2,3,4)/q+1;/p-1. The Kier molecular flexibility index (Phi) is 6.50. The third-order valence-electron chi connectivity index (χ3n) is 2.35. The van der Waals surface area contributed by atoms with Gasteiger partial charge in [-0.15, -0.1) is 0 Å². The molecule has 0 bridgehead atoms. The molecule has 0 aliphatic heterocycles. The molecule has 0 saturated heterocycles. The molecule has 0 aromatic heterocycles. The third-order valence-corrected chi connectivity index (χ3v) is 2.35. The first-order valence-corrected chi connectivity index (χ1v) is 7.48. The molecule has 0 fully saturated rings. The van der Waals surface area contributed by atoms with Crippen molar-refractivity contribution in [3.63, 3.8) is 0 Å². The molecule has 0 spiro atoms. The van der Waals surface area contributed by atoms with E-state index in [2.05, 4.69) is 10.3 Å². The number of anilines is 2. The Labute approximate surface area is 126 Å². The quantitative estimate of drug-likeness (QED) is 0.584. The topological polar surface area (TPSA) is 130 Å². The maximum absolute atomic E-state index is 8.77. The van der Waals surface area contributed by atoms with Crippen LogP contribution < -0.4 is 14.9 Å². The van der Waals surface area contributed by atoms with Crippen LogP contribution in [0.1, 0.15) is 0 Å². The van der Waals surface area contributed by atoms with E-state index in [0.29, 0.717) is 11.4 Å². The van der Waals surface area contributed by atoms with Crippen LogP contribution in [-0.2, 0) is 4.57 Å². The molecular formula is C13H14N3O5P. The molecule has 0 saturated carbocycles. The van der Waals surface area contributed by atoms with Crippen LogP contribution in [0.15, 0.2) is 48.5 Å². The minimum absolute atomic E-state index is 0.408. The molecule has 0 heterocycles. The van der Waals surface area contributed by atoms with Gasteiger partial charge in [0, 0.05) is 23.5 Å². The Balaban J connectivity index is 0.000000422. The predicted molar refractivity (Wildman–Crippen MR) is 79.5 cm³/mol. The minimum Gasteiger partial charge on any atom is -0.756 e. The summed E-state index contributed by atoms with van der Waals surface area (Å²) in [5.41, 5.74) is 2.27. The van der Waals surface area contributed by atoms with Crippen LogP contribution in [0.4, 0.5) is 17.1 Å². The molecule has 8 nitrogen and oxygen atoms in total. The van der Waals surface area contributed by atoms with Crippen LogP contribution in [0.25, 0.3) is 4.98 Å². The summed E-state index contributed by atoms with van der Waals surface area (Å²) < 4.78 is 13.9. The molecule has 2 aromatic rings. The molecule has 2 rings (SSSR count). The van der Waals surface area contributed by atoms with Crippen molar-refractivity contribution < 1.29 is 24.0 Å². The smallest absolute Gasteiger partial charge is 0.426 e. The summed E-state index contributed by atoms with van der Waals surface area (Å²) in [7, 11) is -3.35. The number of hydrogen-bond donors (Lipinski definition) is 3. The van der Waals surface area contributed by atoms with E-state index in [9.17, 15) is 0 Å². The molecule has 3 N–H and O–H groups in total. The molecule has 0 amide bonds. The number of hydrogen-bond acceptors (Lipinski definition) is 5. The Morgan fingerprint density at radius 2 is 1.77 bits per heavy atom. The van der Waals surface area contributed by atoms with E-state index in [0.717, 1.165) is 11.4 Å². The highest BCUT2D eigenvalue weighted by molar-refractivity contribution is 7.43. The predicted octanol–water partition coefficient (Wildman–Crippen LogP) is 2.36. The van der Waals surface area contributed by atoms with Crippen LogP contribution in [0.5, 0.6) is 5.75 Å². The highest BCUT2D eigenvalue weighted by atomic mass is 31.2. The fraction of sp³-hybridized carbons (Fsp3) is 0.0769. The number of benzene rings is 2. The number of rotatable bonds is 3. The lowest BCUT2D eigenvalue weighted by atomic mass is 10.2. The van der Waals surface area contributed by atoms with Gasteiger partial charge in [0.05, 0.1) is 7.11 Å². The summed E-state index contributed by atoms with van der Waals surface area (Å²) in [6.07, 6.45) is 0. The maximum atomic E-state index is 8.77. The second kappa shape index (κ2) is 8.12. The van der Waals surface area contributed by atoms with E-state index in [1.807, 2.05) is 36.4 Å². The number of nitrogens with one attached hydrogen (secondary N) is 1. The Morgan fingerprint density at radius 3 is 2.27 bits per heavy atom. The van der Waals surface area contributed by atoms with Crippen LogP contribution in [0, 0.1) is 5.39 Å². The zero-order valence-corrected chi connectivity index (χ0v) is 12.5. The van der Waals surface area contributed by atoms with Crippen LogP contribution in [0.2, 0.25) is 0 Å². The van der Waals surface area contributed by atoms with Gasteiger partial charge in [0.25, 0.3) is 7.82 Å². The van der Waals surface area contributed by atoms with Gasteiger partial charge in [-0.2, -0.15) is 0 Å². The summed E-state index contributed by atoms with van der Waals surface area (Å²) in [4.78, 5) is 26.1. The Hall–Kier alpha value is -2.43. The van der Waals surface area contributed by atoms with Crippen molar-refractivity contribution in [2.24, 2.45) is 0 Å². The summed E-state index contributed by atoms with van der Waals surface area (Å²) in [6.45, 7) is 0. The number of phosphoric acid groups is 1. The number of methoxy groups -OCH3 is 1. The second-order valence-corrected chi connectivity index (χ2v) is 4.95. The summed E-state index contributed by atoms with van der Waals surface area (Å²) in [6, 6.07) is 15.1. The lowest BCUT2D eigenvalue weighted by Gasteiger charge is -2.06. The van der Waals surface area contributed by atoms with Gasteiger partial charge in [-0.25, -0.2) is 0 Å². The minimum atomic E-state index is -4.89. The first-order chi connectivity index (χ1) is 10.3. The fourth-order valence-corrected chi connectivity index (χ4v) is 1.53. The van der Waals surface area contributed by atoms with Crippen molar-refractivity contribution in [3.05, 3.63) is 53.5 Å². The molecular weight excluding hydrogens is 309 g/mol. The van der Waals surface area contributed by atoms with E-state index < -0.39 is 7.82 Å². The van der Waals surface area contributed by atoms with Gasteiger partial charge in [0.15, 0.2) is 4.98 Å². The normalized spacial score (nSPS) is 9.95. The van der Waals surface area contributed by atoms with E-state index >= 15 is 0 Å². The first-order valence-electron chi connectivity index (χ1n) is 5.95. The highest BCUT2D eigenvalue weighted by Gasteiger charge is 2.14. The van der Waals surface area contributed by atoms with Gasteiger partial charge in [0.2, 0.25) is 11.1 Å². The highest BCUT2D eigenvalue weighted by Crippen LogP contribution is 2.31. The molecule has 0 aliphatic rings. The van der Waals surface area contributed by atoms with Crippen molar-refractivity contribution in [1.29, 1.82) is 5.39 Å². The summed E-state index contributed by atoms with van der Waals surface area (Å²) in [5, 5.41) is 12.0. The fourth-order valence-electron chi connectivity index (χ4n) is 1.53. The third kappa shape index (κ3) is 6.83. The number of nitrogens with zero attached hydrogens (tertiary/aromatic N) is 2. The summed E-state index contributed by atoms with van der Waals surface area (Å²) >= 11 is 0. The van der Waals surface area contributed by atoms with Crippen molar-refractivity contribution in [2.75, 3.05) is 12.4 Å². The molecule has 0 aliphatic carbocycles. The largest absolute Gasteiger partial charge is 0.756 e. The average Bonchev–Trinajstić information content (AvgIpc) is 2.46. The van der Waals surface area contributed by atoms with Gasteiger partial charge in [-0.05, 0) is 18.2 Å². The van der Waals surface area contributed by atoms with E-state index in [1.54, 1.807) is 12.1 Å². The van der Waals surface area contributed by atoms with E-state index in [-0.39, 0.29) is 0 Å². The monoisotopic (exact) mass is 323 g/mol. The molecule has 116 valence electrons. The van der Waals surface area contributed by atoms with E-state index in [4.69, 9.17) is 29.4 Å². The zero-order chi connectivity index (χ0) is 16.6. The molecule has 2 aromatic carbocycles. The van der Waals surface area contributed by atoms with Crippen molar-refractivity contribution in [3.8, 4) is 5.75 Å². The number of diazo groups is 1. The lowest BCUT2D eigenvalue weighted by molar-refractivity contribution is -0.214. The maximum Gasteiger partial charge on any atom is 0.426 e. The van der Waals surface area contributed by atoms with Crippen LogP contribution in [-0.4, -0.2) is 16.9 Å². The Bertz CT molecular complexity index is 688. The first kappa shape index (κ1) is 17.6. The van der Waals surface area contributed by atoms with Crippen LogP contribution in [0.3, 0.4) is 0 Å². The van der Waals surface area contributed by atoms with Gasteiger partial charge in [0.1, 0.15) is 0 Å². The van der Waals surface area contributed by atoms with Crippen molar-refractivity contribution in [1.82, 2.24) is 0 Å². The molecule has 22 heavy (non-hydrogen) atoms.